The SMILES string of the molecule is O=C(c1ccc(CCl)cc1)c1c[nH]c2ccccc12. The first-order valence-corrected chi connectivity index (χ1v) is 6.59. The first-order valence-electron chi connectivity index (χ1n) is 6.05. The summed E-state index contributed by atoms with van der Waals surface area (Å²) in [6.07, 6.45) is 1.77. The molecule has 1 N–H and O–H groups in total. The van der Waals surface area contributed by atoms with Gasteiger partial charge in [0, 0.05) is 34.1 Å². The van der Waals surface area contributed by atoms with Crippen molar-refractivity contribution < 1.29 is 4.79 Å². The van der Waals surface area contributed by atoms with Gasteiger partial charge in [0.25, 0.3) is 0 Å². The van der Waals surface area contributed by atoms with Crippen LogP contribution in [-0.4, -0.2) is 10.8 Å². The Bertz CT molecular complexity index is 728. The number of aromatic nitrogens is 1. The third-order valence-corrected chi connectivity index (χ3v) is 3.51. The van der Waals surface area contributed by atoms with Crippen molar-refractivity contribution >= 4 is 28.3 Å². The van der Waals surface area contributed by atoms with Crippen molar-refractivity contribution in [2.45, 2.75) is 5.88 Å². The van der Waals surface area contributed by atoms with Gasteiger partial charge in [0.15, 0.2) is 5.78 Å². The monoisotopic (exact) mass is 269 g/mol. The number of carbonyl (C=O) groups is 1. The van der Waals surface area contributed by atoms with Crippen molar-refractivity contribution in [1.29, 1.82) is 0 Å². The Morgan fingerprint density at radius 1 is 1.05 bits per heavy atom. The number of hydrogen-bond acceptors (Lipinski definition) is 1. The topological polar surface area (TPSA) is 32.9 Å². The number of benzene rings is 2. The molecular formula is C16H12ClNO. The maximum Gasteiger partial charge on any atom is 0.195 e. The zero-order chi connectivity index (χ0) is 13.2. The summed E-state index contributed by atoms with van der Waals surface area (Å²) < 4.78 is 0. The highest BCUT2D eigenvalue weighted by atomic mass is 35.5. The van der Waals surface area contributed by atoms with Crippen LogP contribution in [0.1, 0.15) is 21.5 Å². The zero-order valence-electron chi connectivity index (χ0n) is 10.2. The van der Waals surface area contributed by atoms with Crippen LogP contribution >= 0.6 is 11.6 Å². The fraction of sp³-hybridized carbons (Fsp3) is 0.0625. The van der Waals surface area contributed by atoms with E-state index in [1.165, 1.54) is 0 Å². The molecule has 2 nitrogen and oxygen atoms in total. The number of H-pyrrole nitrogens is 1. The fourth-order valence-corrected chi connectivity index (χ4v) is 2.34. The summed E-state index contributed by atoms with van der Waals surface area (Å²) in [7, 11) is 0. The largest absolute Gasteiger partial charge is 0.360 e. The summed E-state index contributed by atoms with van der Waals surface area (Å²) in [5.41, 5.74) is 3.37. The van der Waals surface area contributed by atoms with E-state index >= 15 is 0 Å². The van der Waals surface area contributed by atoms with Gasteiger partial charge in [-0.2, -0.15) is 0 Å². The van der Waals surface area contributed by atoms with Crippen molar-refractivity contribution in [1.82, 2.24) is 4.98 Å². The molecule has 0 aliphatic carbocycles. The molecule has 0 saturated carbocycles. The number of rotatable bonds is 3. The van der Waals surface area contributed by atoms with E-state index in [0.717, 1.165) is 16.5 Å². The molecule has 0 aliphatic heterocycles. The molecule has 0 fully saturated rings. The zero-order valence-corrected chi connectivity index (χ0v) is 10.9. The van der Waals surface area contributed by atoms with Crippen LogP contribution in [0.4, 0.5) is 0 Å². The molecule has 0 aliphatic rings. The van der Waals surface area contributed by atoms with Gasteiger partial charge in [-0.1, -0.05) is 42.5 Å². The van der Waals surface area contributed by atoms with Crippen LogP contribution in [0.5, 0.6) is 0 Å². The lowest BCUT2D eigenvalue weighted by Gasteiger charge is -2.01. The lowest BCUT2D eigenvalue weighted by molar-refractivity contribution is 0.104. The van der Waals surface area contributed by atoms with E-state index in [1.54, 1.807) is 6.20 Å². The predicted molar refractivity (Wildman–Crippen MR) is 77.7 cm³/mol. The number of ketones is 1. The average molecular weight is 270 g/mol. The van der Waals surface area contributed by atoms with Gasteiger partial charge in [0.1, 0.15) is 0 Å². The van der Waals surface area contributed by atoms with Gasteiger partial charge < -0.3 is 4.98 Å². The molecule has 0 spiro atoms. The van der Waals surface area contributed by atoms with E-state index in [0.29, 0.717) is 17.0 Å². The minimum Gasteiger partial charge on any atom is -0.360 e. The molecule has 2 aromatic carbocycles. The van der Waals surface area contributed by atoms with Crippen molar-refractivity contribution in [3.05, 3.63) is 71.4 Å². The summed E-state index contributed by atoms with van der Waals surface area (Å²) in [5.74, 6) is 0.486. The molecule has 0 bridgehead atoms. The molecule has 0 amide bonds. The van der Waals surface area contributed by atoms with Gasteiger partial charge in [0.2, 0.25) is 0 Å². The maximum absolute atomic E-state index is 12.5. The minimum absolute atomic E-state index is 0.0265. The van der Waals surface area contributed by atoms with Crippen LogP contribution in [0, 0.1) is 0 Å². The van der Waals surface area contributed by atoms with Gasteiger partial charge in [-0.3, -0.25) is 4.79 Å². The Kier molecular flexibility index (Phi) is 3.10. The van der Waals surface area contributed by atoms with E-state index < -0.39 is 0 Å². The van der Waals surface area contributed by atoms with Crippen LogP contribution in [0.15, 0.2) is 54.7 Å². The second-order valence-corrected chi connectivity index (χ2v) is 4.67. The van der Waals surface area contributed by atoms with Crippen molar-refractivity contribution in [2.24, 2.45) is 0 Å². The summed E-state index contributed by atoms with van der Waals surface area (Å²) in [5, 5.41) is 0.953. The Hall–Kier alpha value is -2.06. The van der Waals surface area contributed by atoms with Crippen LogP contribution < -0.4 is 0 Å². The normalized spacial score (nSPS) is 10.8. The smallest absolute Gasteiger partial charge is 0.195 e. The van der Waals surface area contributed by atoms with Crippen LogP contribution in [0.3, 0.4) is 0 Å². The third-order valence-electron chi connectivity index (χ3n) is 3.20. The molecule has 0 radical (unpaired) electrons. The summed E-state index contributed by atoms with van der Waals surface area (Å²) >= 11 is 5.75. The number of alkyl halides is 1. The molecule has 3 heteroatoms. The van der Waals surface area contributed by atoms with Crippen LogP contribution in [0.25, 0.3) is 10.9 Å². The van der Waals surface area contributed by atoms with E-state index in [9.17, 15) is 4.79 Å². The number of aromatic amines is 1. The Morgan fingerprint density at radius 3 is 2.53 bits per heavy atom. The Labute approximate surface area is 116 Å². The number of nitrogens with one attached hydrogen (secondary N) is 1. The van der Waals surface area contributed by atoms with Gasteiger partial charge in [-0.25, -0.2) is 0 Å². The number of carbonyl (C=O) groups excluding carboxylic acids is 1. The summed E-state index contributed by atoms with van der Waals surface area (Å²) in [6.45, 7) is 0. The highest BCUT2D eigenvalue weighted by Crippen LogP contribution is 2.21. The first-order chi connectivity index (χ1) is 9.29. The quantitative estimate of drug-likeness (QED) is 0.563. The van der Waals surface area contributed by atoms with Crippen molar-refractivity contribution in [2.75, 3.05) is 0 Å². The highest BCUT2D eigenvalue weighted by molar-refractivity contribution is 6.17. The van der Waals surface area contributed by atoms with Crippen LogP contribution in [0.2, 0.25) is 0 Å². The van der Waals surface area contributed by atoms with Gasteiger partial charge in [0.05, 0.1) is 0 Å². The van der Waals surface area contributed by atoms with Gasteiger partial charge in [-0.15, -0.1) is 11.6 Å². The number of fused-ring (bicyclic) bond motifs is 1. The third kappa shape index (κ3) is 2.15. The molecule has 94 valence electrons. The molecule has 0 atom stereocenters. The van der Waals surface area contributed by atoms with E-state index in [4.69, 9.17) is 11.6 Å². The average Bonchev–Trinajstić information content (AvgIpc) is 2.90. The Morgan fingerprint density at radius 2 is 1.79 bits per heavy atom. The van der Waals surface area contributed by atoms with Crippen LogP contribution in [-0.2, 0) is 5.88 Å². The summed E-state index contributed by atoms with van der Waals surface area (Å²) in [6, 6.07) is 15.2. The number of hydrogen-bond donors (Lipinski definition) is 1. The predicted octanol–water partition coefficient (Wildman–Crippen LogP) is 4.14. The second kappa shape index (κ2) is 4.90. The summed E-state index contributed by atoms with van der Waals surface area (Å²) in [4.78, 5) is 15.6. The first kappa shape index (κ1) is 12.0. The van der Waals surface area contributed by atoms with E-state index in [1.807, 2.05) is 48.5 Å². The maximum atomic E-state index is 12.5. The van der Waals surface area contributed by atoms with Gasteiger partial charge >= 0.3 is 0 Å². The molecule has 1 heterocycles. The highest BCUT2D eigenvalue weighted by Gasteiger charge is 2.13. The minimum atomic E-state index is 0.0265. The second-order valence-electron chi connectivity index (χ2n) is 4.41. The Balaban J connectivity index is 2.03. The lowest BCUT2D eigenvalue weighted by Crippen LogP contribution is -2.00. The molecular weight excluding hydrogens is 258 g/mol. The molecule has 19 heavy (non-hydrogen) atoms. The molecule has 0 unspecified atom stereocenters. The van der Waals surface area contributed by atoms with Crippen molar-refractivity contribution in [3.8, 4) is 0 Å². The molecule has 0 saturated heterocycles. The van der Waals surface area contributed by atoms with E-state index in [-0.39, 0.29) is 5.78 Å². The molecule has 3 rings (SSSR count). The van der Waals surface area contributed by atoms with E-state index in [2.05, 4.69) is 4.98 Å². The molecule has 3 aromatic rings. The lowest BCUT2D eigenvalue weighted by atomic mass is 10.0. The fourth-order valence-electron chi connectivity index (χ4n) is 2.16. The standard InChI is InChI=1S/C16H12ClNO/c17-9-11-5-7-12(8-6-11)16(19)14-10-18-15-4-2-1-3-13(14)15/h1-8,10,18H,9H2. The molecule has 1 aromatic heterocycles. The number of para-hydroxylation sites is 1. The van der Waals surface area contributed by atoms with Gasteiger partial charge in [-0.05, 0) is 11.6 Å². The number of halogens is 1. The van der Waals surface area contributed by atoms with Crippen molar-refractivity contribution in [3.63, 3.8) is 0 Å².